The monoisotopic (exact) mass is 477 g/mol. The first-order chi connectivity index (χ1) is 15.4. The van der Waals surface area contributed by atoms with Gasteiger partial charge in [-0.25, -0.2) is 14.3 Å². The summed E-state index contributed by atoms with van der Waals surface area (Å²) in [6.07, 6.45) is 1.44. The van der Waals surface area contributed by atoms with Crippen LogP contribution < -0.4 is 10.1 Å². The lowest BCUT2D eigenvalue weighted by molar-refractivity contribution is 0.0531. The highest BCUT2D eigenvalue weighted by atomic mass is 35.5. The van der Waals surface area contributed by atoms with Gasteiger partial charge in [0.05, 0.1) is 24.3 Å². The van der Waals surface area contributed by atoms with Crippen LogP contribution in [0.25, 0.3) is 0 Å². The third kappa shape index (κ3) is 4.92. The summed E-state index contributed by atoms with van der Waals surface area (Å²) in [4.78, 5) is 37.7. The zero-order valence-electron chi connectivity index (χ0n) is 17.5. The second-order valence-corrected chi connectivity index (χ2v) is 7.77. The maximum Gasteiger partial charge on any atom is 0.348 e. The first kappa shape index (κ1) is 23.3. The highest BCUT2D eigenvalue weighted by Crippen LogP contribution is 2.34. The average molecular weight is 478 g/mol. The molecule has 168 valence electrons. The molecule has 9 nitrogen and oxygen atoms in total. The van der Waals surface area contributed by atoms with Crippen LogP contribution in [0.15, 0.2) is 36.5 Å². The van der Waals surface area contributed by atoms with Gasteiger partial charge in [-0.1, -0.05) is 23.7 Å². The van der Waals surface area contributed by atoms with Crippen molar-refractivity contribution in [1.29, 1.82) is 0 Å². The Balaban J connectivity index is 1.84. The minimum atomic E-state index is -0.680. The van der Waals surface area contributed by atoms with Crippen LogP contribution in [0.1, 0.15) is 43.0 Å². The van der Waals surface area contributed by atoms with Crippen LogP contribution in [0.2, 0.25) is 5.02 Å². The van der Waals surface area contributed by atoms with Gasteiger partial charge in [-0.2, -0.15) is 5.10 Å². The number of para-hydroxylation sites is 1. The fourth-order valence-corrected chi connectivity index (χ4v) is 4.10. The zero-order chi connectivity index (χ0) is 23.3. The number of nitrogens with one attached hydrogen (secondary N) is 1. The minimum Gasteiger partial charge on any atom is -0.470 e. The topological polar surface area (TPSA) is 109 Å². The highest BCUT2D eigenvalue weighted by Gasteiger charge is 2.27. The number of esters is 2. The molecular weight excluding hydrogens is 458 g/mol. The maximum absolute atomic E-state index is 12.9. The van der Waals surface area contributed by atoms with E-state index in [9.17, 15) is 14.4 Å². The molecule has 0 radical (unpaired) electrons. The van der Waals surface area contributed by atoms with Gasteiger partial charge < -0.3 is 19.5 Å². The quantitative estimate of drug-likeness (QED) is 0.485. The Morgan fingerprint density at radius 2 is 1.94 bits per heavy atom. The van der Waals surface area contributed by atoms with Crippen molar-refractivity contribution in [3.63, 3.8) is 0 Å². The first-order valence-electron chi connectivity index (χ1n) is 9.46. The van der Waals surface area contributed by atoms with Crippen LogP contribution >= 0.6 is 22.9 Å². The number of rotatable bonds is 8. The Labute approximate surface area is 192 Å². The molecule has 3 aromatic rings. The lowest BCUT2D eigenvalue weighted by atomic mass is 10.1. The standard InChI is InChI=1S/C21H20ClN3O6S/c1-4-30-21(28)17-12(2)16(20(27)29-3)19(32-17)24-18(26)14-9-10-23-25(14)11-31-15-8-6-5-7-13(15)22/h5-10H,4,11H2,1-3H3,(H,24,26). The van der Waals surface area contributed by atoms with Gasteiger partial charge in [-0.15, -0.1) is 11.3 Å². The summed E-state index contributed by atoms with van der Waals surface area (Å²) >= 11 is 7.02. The number of carbonyl (C=O) groups excluding carboxylic acids is 3. The van der Waals surface area contributed by atoms with Crippen molar-refractivity contribution in [2.45, 2.75) is 20.6 Å². The number of ether oxygens (including phenoxy) is 3. The van der Waals surface area contributed by atoms with Crippen molar-refractivity contribution in [1.82, 2.24) is 9.78 Å². The summed E-state index contributed by atoms with van der Waals surface area (Å²) in [6, 6.07) is 8.42. The number of amides is 1. The normalized spacial score (nSPS) is 10.5. The number of carbonyl (C=O) groups is 3. The van der Waals surface area contributed by atoms with Crippen molar-refractivity contribution in [3.05, 3.63) is 63.2 Å². The van der Waals surface area contributed by atoms with E-state index in [0.29, 0.717) is 16.3 Å². The Morgan fingerprint density at radius 1 is 1.19 bits per heavy atom. The van der Waals surface area contributed by atoms with Gasteiger partial charge in [-0.3, -0.25) is 4.79 Å². The van der Waals surface area contributed by atoms with Crippen LogP contribution in [-0.2, 0) is 16.2 Å². The van der Waals surface area contributed by atoms with Crippen molar-refractivity contribution in [3.8, 4) is 5.75 Å². The second kappa shape index (κ2) is 10.3. The van der Waals surface area contributed by atoms with E-state index in [4.69, 9.17) is 25.8 Å². The van der Waals surface area contributed by atoms with E-state index < -0.39 is 17.8 Å². The fraction of sp³-hybridized carbons (Fsp3) is 0.238. The average Bonchev–Trinajstić information content (AvgIpc) is 3.37. The molecule has 0 atom stereocenters. The van der Waals surface area contributed by atoms with Crippen LogP contribution in [0.5, 0.6) is 5.75 Å². The number of benzene rings is 1. The first-order valence-corrected chi connectivity index (χ1v) is 10.7. The summed E-state index contributed by atoms with van der Waals surface area (Å²) in [5.74, 6) is -1.37. The SMILES string of the molecule is CCOC(=O)c1sc(NC(=O)c2ccnn2COc2ccccc2Cl)c(C(=O)OC)c1C. The van der Waals surface area contributed by atoms with Crippen molar-refractivity contribution >= 4 is 45.8 Å². The highest BCUT2D eigenvalue weighted by molar-refractivity contribution is 7.18. The van der Waals surface area contributed by atoms with Gasteiger partial charge in [0.25, 0.3) is 5.91 Å². The summed E-state index contributed by atoms with van der Waals surface area (Å²) in [6.45, 7) is 3.37. The molecule has 32 heavy (non-hydrogen) atoms. The second-order valence-electron chi connectivity index (χ2n) is 6.35. The molecule has 0 spiro atoms. The molecule has 11 heteroatoms. The Kier molecular flexibility index (Phi) is 7.49. The maximum atomic E-state index is 12.9. The molecule has 0 saturated carbocycles. The molecule has 0 bridgehead atoms. The van der Waals surface area contributed by atoms with E-state index in [2.05, 4.69) is 10.4 Å². The molecule has 0 aliphatic rings. The Bertz CT molecular complexity index is 1160. The predicted octanol–water partition coefficient (Wildman–Crippen LogP) is 4.16. The number of aromatic nitrogens is 2. The molecular formula is C21H20ClN3O6S. The van der Waals surface area contributed by atoms with Crippen molar-refractivity contribution in [2.75, 3.05) is 19.0 Å². The molecule has 1 amide bonds. The molecule has 2 heterocycles. The van der Waals surface area contributed by atoms with Gasteiger partial charge in [-0.05, 0) is 37.6 Å². The summed E-state index contributed by atoms with van der Waals surface area (Å²) in [7, 11) is 1.22. The molecule has 0 unspecified atom stereocenters. The largest absolute Gasteiger partial charge is 0.470 e. The van der Waals surface area contributed by atoms with E-state index in [0.717, 1.165) is 11.3 Å². The van der Waals surface area contributed by atoms with Crippen LogP contribution in [0.3, 0.4) is 0 Å². The predicted molar refractivity (Wildman–Crippen MR) is 119 cm³/mol. The zero-order valence-corrected chi connectivity index (χ0v) is 19.1. The molecule has 0 aliphatic carbocycles. The van der Waals surface area contributed by atoms with Gasteiger partial charge >= 0.3 is 11.9 Å². The molecule has 3 rings (SSSR count). The number of anilines is 1. The Hall–Kier alpha value is -3.37. The van der Waals surface area contributed by atoms with Crippen LogP contribution in [0.4, 0.5) is 5.00 Å². The molecule has 1 N–H and O–H groups in total. The summed E-state index contributed by atoms with van der Waals surface area (Å²) < 4.78 is 16.8. The number of nitrogens with zero attached hydrogens (tertiary/aromatic N) is 2. The Morgan fingerprint density at radius 3 is 2.62 bits per heavy atom. The van der Waals surface area contributed by atoms with Crippen LogP contribution in [0, 0.1) is 6.92 Å². The molecule has 0 saturated heterocycles. The van der Waals surface area contributed by atoms with Crippen molar-refractivity contribution in [2.24, 2.45) is 0 Å². The molecule has 2 aromatic heterocycles. The van der Waals surface area contributed by atoms with E-state index in [-0.39, 0.29) is 34.5 Å². The van der Waals surface area contributed by atoms with Gasteiger partial charge in [0.15, 0.2) is 6.73 Å². The number of methoxy groups -OCH3 is 1. The molecule has 0 fully saturated rings. The molecule has 1 aromatic carbocycles. The van der Waals surface area contributed by atoms with Crippen molar-refractivity contribution < 1.29 is 28.6 Å². The summed E-state index contributed by atoms with van der Waals surface area (Å²) in [5.41, 5.74) is 0.634. The number of thiophene rings is 1. The lowest BCUT2D eigenvalue weighted by Crippen LogP contribution is -2.20. The smallest absolute Gasteiger partial charge is 0.348 e. The fourth-order valence-electron chi connectivity index (χ4n) is 2.83. The van der Waals surface area contributed by atoms with Gasteiger partial charge in [0.1, 0.15) is 21.3 Å². The number of hydrogen-bond acceptors (Lipinski definition) is 8. The van der Waals surface area contributed by atoms with Gasteiger partial charge in [0, 0.05) is 6.20 Å². The third-order valence-corrected chi connectivity index (χ3v) is 5.85. The van der Waals surface area contributed by atoms with E-state index in [1.165, 1.54) is 24.1 Å². The van der Waals surface area contributed by atoms with E-state index >= 15 is 0 Å². The van der Waals surface area contributed by atoms with E-state index in [1.54, 1.807) is 38.1 Å². The van der Waals surface area contributed by atoms with E-state index in [1.807, 2.05) is 0 Å². The third-order valence-electron chi connectivity index (χ3n) is 4.35. The number of hydrogen-bond donors (Lipinski definition) is 1. The van der Waals surface area contributed by atoms with Gasteiger partial charge in [0.2, 0.25) is 0 Å². The minimum absolute atomic E-state index is 0.0686. The lowest BCUT2D eigenvalue weighted by Gasteiger charge is -2.11. The summed E-state index contributed by atoms with van der Waals surface area (Å²) in [5, 5.41) is 7.36. The number of halogens is 1. The van der Waals surface area contributed by atoms with Crippen LogP contribution in [-0.4, -0.2) is 41.3 Å². The molecule has 0 aliphatic heterocycles.